The van der Waals surface area contributed by atoms with Crippen molar-refractivity contribution in [2.24, 2.45) is 0 Å². The molecule has 2 aromatic rings. The standard InChI is InChI=1S/C28H37Cl2N3O7/c1-31(28(34)17-21-6-7-25(29)26(30)16-21)27(22-4-3-5-23(18-22)33(35)36)20-32-9-8-24(19-32)40-15-14-39-13-12-38-11-10-37-2/h3-7,16,18,24,27H,8-15,17,19-20H2,1-2H3/t24-,27?/m0/s1. The van der Waals surface area contributed by atoms with Crippen LogP contribution in [0.25, 0.3) is 0 Å². The van der Waals surface area contributed by atoms with Gasteiger partial charge in [0, 0.05) is 45.9 Å². The Balaban J connectivity index is 1.57. The predicted octanol–water partition coefficient (Wildman–Crippen LogP) is 4.41. The highest BCUT2D eigenvalue weighted by molar-refractivity contribution is 6.42. The molecule has 0 spiro atoms. The SMILES string of the molecule is COCCOCCOCCO[C@H]1CCN(CC(c2cccc([N+](=O)[O-])c2)N(C)C(=O)Cc2ccc(Cl)c(Cl)c2)C1. The van der Waals surface area contributed by atoms with Crippen molar-refractivity contribution in [3.05, 3.63) is 73.8 Å². The number of ether oxygens (including phenoxy) is 4. The zero-order valence-corrected chi connectivity index (χ0v) is 24.4. The largest absolute Gasteiger partial charge is 0.382 e. The number of halogens is 2. The quantitative estimate of drug-likeness (QED) is 0.150. The second-order valence-corrected chi connectivity index (χ2v) is 10.4. The summed E-state index contributed by atoms with van der Waals surface area (Å²) in [6, 6.07) is 11.2. The minimum Gasteiger partial charge on any atom is -0.382 e. The molecule has 12 heteroatoms. The van der Waals surface area contributed by atoms with Gasteiger partial charge in [0.05, 0.1) is 73.2 Å². The second-order valence-electron chi connectivity index (χ2n) is 9.56. The summed E-state index contributed by atoms with van der Waals surface area (Å²) in [6.07, 6.45) is 1.02. The van der Waals surface area contributed by atoms with Gasteiger partial charge in [-0.05, 0) is 29.7 Å². The van der Waals surface area contributed by atoms with Crippen LogP contribution in [-0.2, 0) is 30.2 Å². The van der Waals surface area contributed by atoms with E-state index in [1.807, 2.05) is 6.07 Å². The molecule has 1 fully saturated rings. The molecule has 3 rings (SSSR count). The minimum absolute atomic E-state index is 0.0143. The van der Waals surface area contributed by atoms with Crippen LogP contribution in [0, 0.1) is 10.1 Å². The number of nitrogens with zero attached hydrogens (tertiary/aromatic N) is 3. The number of hydrogen-bond acceptors (Lipinski definition) is 8. The van der Waals surface area contributed by atoms with Crippen LogP contribution >= 0.6 is 23.2 Å². The molecule has 1 aliphatic rings. The fourth-order valence-corrected chi connectivity index (χ4v) is 4.82. The van der Waals surface area contributed by atoms with Crippen LogP contribution < -0.4 is 0 Å². The molecule has 1 saturated heterocycles. The number of likely N-dealkylation sites (tertiary alicyclic amines) is 1. The number of likely N-dealkylation sites (N-methyl/N-ethyl adjacent to an activating group) is 1. The minimum atomic E-state index is -0.425. The van der Waals surface area contributed by atoms with Gasteiger partial charge in [-0.2, -0.15) is 0 Å². The number of amides is 1. The Labute approximate surface area is 245 Å². The molecule has 1 aliphatic heterocycles. The van der Waals surface area contributed by atoms with E-state index in [-0.39, 0.29) is 24.1 Å². The number of carbonyl (C=O) groups is 1. The first-order valence-electron chi connectivity index (χ1n) is 13.2. The number of nitro benzene ring substituents is 1. The number of rotatable bonds is 17. The molecule has 0 radical (unpaired) electrons. The lowest BCUT2D eigenvalue weighted by molar-refractivity contribution is -0.385. The van der Waals surface area contributed by atoms with E-state index in [4.69, 9.17) is 42.1 Å². The normalized spacial score (nSPS) is 16.2. The van der Waals surface area contributed by atoms with Gasteiger partial charge in [0.15, 0.2) is 0 Å². The van der Waals surface area contributed by atoms with Crippen molar-refractivity contribution >= 4 is 34.8 Å². The molecule has 2 atom stereocenters. The Morgan fingerprint density at radius 3 is 2.50 bits per heavy atom. The average molecular weight is 599 g/mol. The van der Waals surface area contributed by atoms with E-state index in [9.17, 15) is 14.9 Å². The number of non-ortho nitro benzene ring substituents is 1. The highest BCUT2D eigenvalue weighted by Gasteiger charge is 2.30. The highest BCUT2D eigenvalue weighted by atomic mass is 35.5. The van der Waals surface area contributed by atoms with Gasteiger partial charge in [0.2, 0.25) is 5.91 Å². The van der Waals surface area contributed by atoms with Gasteiger partial charge in [-0.1, -0.05) is 41.4 Å². The fourth-order valence-electron chi connectivity index (χ4n) is 4.50. The molecule has 1 heterocycles. The average Bonchev–Trinajstić information content (AvgIpc) is 3.39. The van der Waals surface area contributed by atoms with Crippen LogP contribution in [0.5, 0.6) is 0 Å². The Morgan fingerprint density at radius 2 is 1.80 bits per heavy atom. The maximum Gasteiger partial charge on any atom is 0.269 e. The molecule has 1 amide bonds. The van der Waals surface area contributed by atoms with Gasteiger partial charge in [-0.3, -0.25) is 19.8 Å². The molecule has 0 N–H and O–H groups in total. The first kappa shape index (κ1) is 32.2. The molecule has 10 nitrogen and oxygen atoms in total. The molecule has 1 unspecified atom stereocenters. The third-order valence-corrected chi connectivity index (χ3v) is 7.45. The van der Waals surface area contributed by atoms with Gasteiger partial charge in [0.1, 0.15) is 0 Å². The zero-order chi connectivity index (χ0) is 28.9. The van der Waals surface area contributed by atoms with E-state index in [0.717, 1.165) is 18.5 Å². The van der Waals surface area contributed by atoms with Crippen LogP contribution in [-0.4, -0.2) is 100 Å². The zero-order valence-electron chi connectivity index (χ0n) is 22.9. The summed E-state index contributed by atoms with van der Waals surface area (Å²) in [5, 5.41) is 12.2. The van der Waals surface area contributed by atoms with E-state index in [1.165, 1.54) is 12.1 Å². The summed E-state index contributed by atoms with van der Waals surface area (Å²) in [6.45, 7) is 5.07. The van der Waals surface area contributed by atoms with Gasteiger partial charge < -0.3 is 23.8 Å². The Morgan fingerprint density at radius 1 is 1.07 bits per heavy atom. The van der Waals surface area contributed by atoms with E-state index < -0.39 is 11.0 Å². The fraction of sp³-hybridized carbons (Fsp3) is 0.536. The van der Waals surface area contributed by atoms with E-state index >= 15 is 0 Å². The highest BCUT2D eigenvalue weighted by Crippen LogP contribution is 2.28. The van der Waals surface area contributed by atoms with Crippen LogP contribution in [0.1, 0.15) is 23.6 Å². The van der Waals surface area contributed by atoms with Gasteiger partial charge >= 0.3 is 0 Å². The van der Waals surface area contributed by atoms with Crippen molar-refractivity contribution in [3.8, 4) is 0 Å². The van der Waals surface area contributed by atoms with Crippen LogP contribution in [0.4, 0.5) is 5.69 Å². The molecular formula is C28H37Cl2N3O7. The molecule has 0 saturated carbocycles. The summed E-state index contributed by atoms with van der Waals surface area (Å²) in [4.78, 5) is 28.2. The third-order valence-electron chi connectivity index (χ3n) is 6.71. The molecule has 0 aliphatic carbocycles. The number of methoxy groups -OCH3 is 1. The van der Waals surface area contributed by atoms with E-state index in [0.29, 0.717) is 68.3 Å². The molecule has 0 bridgehead atoms. The van der Waals surface area contributed by atoms with Crippen molar-refractivity contribution in [1.29, 1.82) is 0 Å². The first-order valence-corrected chi connectivity index (χ1v) is 14.0. The lowest BCUT2D eigenvalue weighted by Gasteiger charge is -2.32. The maximum absolute atomic E-state index is 13.3. The van der Waals surface area contributed by atoms with E-state index in [2.05, 4.69) is 4.90 Å². The van der Waals surface area contributed by atoms with Gasteiger partial charge in [-0.25, -0.2) is 0 Å². The smallest absolute Gasteiger partial charge is 0.269 e. The molecule has 0 aromatic heterocycles. The lowest BCUT2D eigenvalue weighted by atomic mass is 10.0. The topological polar surface area (TPSA) is 104 Å². The number of nitro groups is 1. The Hall–Kier alpha value is -2.31. The van der Waals surface area contributed by atoms with Crippen molar-refractivity contribution in [2.75, 3.05) is 73.4 Å². The van der Waals surface area contributed by atoms with Crippen molar-refractivity contribution in [1.82, 2.24) is 9.80 Å². The Bertz CT molecular complexity index is 1110. The monoisotopic (exact) mass is 597 g/mol. The van der Waals surface area contributed by atoms with Crippen LogP contribution in [0.3, 0.4) is 0 Å². The Kier molecular flexibility index (Phi) is 13.6. The van der Waals surface area contributed by atoms with Crippen molar-refractivity contribution in [3.63, 3.8) is 0 Å². The predicted molar refractivity (Wildman–Crippen MR) is 153 cm³/mol. The number of hydrogen-bond donors (Lipinski definition) is 0. The molecular weight excluding hydrogens is 561 g/mol. The summed E-state index contributed by atoms with van der Waals surface area (Å²) in [5.74, 6) is -0.134. The molecule has 40 heavy (non-hydrogen) atoms. The maximum atomic E-state index is 13.3. The van der Waals surface area contributed by atoms with Crippen LogP contribution in [0.2, 0.25) is 10.0 Å². The summed E-state index contributed by atoms with van der Waals surface area (Å²) in [7, 11) is 3.36. The summed E-state index contributed by atoms with van der Waals surface area (Å²) < 4.78 is 21.9. The first-order chi connectivity index (χ1) is 19.3. The molecule has 2 aromatic carbocycles. The van der Waals surface area contributed by atoms with Gasteiger partial charge in [-0.15, -0.1) is 0 Å². The molecule has 220 valence electrons. The summed E-state index contributed by atoms with van der Waals surface area (Å²) in [5.41, 5.74) is 1.42. The summed E-state index contributed by atoms with van der Waals surface area (Å²) >= 11 is 12.2. The second kappa shape index (κ2) is 16.8. The van der Waals surface area contributed by atoms with Crippen molar-refractivity contribution < 1.29 is 28.7 Å². The van der Waals surface area contributed by atoms with Gasteiger partial charge in [0.25, 0.3) is 5.69 Å². The van der Waals surface area contributed by atoms with Crippen molar-refractivity contribution in [2.45, 2.75) is 25.0 Å². The number of benzene rings is 2. The van der Waals surface area contributed by atoms with E-state index in [1.54, 1.807) is 43.3 Å². The number of carbonyl (C=O) groups excluding carboxylic acids is 1. The van der Waals surface area contributed by atoms with Crippen LogP contribution in [0.15, 0.2) is 42.5 Å². The lowest BCUT2D eigenvalue weighted by Crippen LogP contribution is -2.39. The third kappa shape index (κ3) is 10.3.